The van der Waals surface area contributed by atoms with Gasteiger partial charge in [-0.1, -0.05) is 91.0 Å². The van der Waals surface area contributed by atoms with E-state index in [4.69, 9.17) is 0 Å². The lowest BCUT2D eigenvalue weighted by atomic mass is 10.1. The molecular formula is C36H23N3O2. The molecule has 0 amide bonds. The van der Waals surface area contributed by atoms with Gasteiger partial charge in [-0.05, 0) is 70.8 Å². The van der Waals surface area contributed by atoms with Crippen molar-refractivity contribution in [2.24, 2.45) is 0 Å². The maximum absolute atomic E-state index is 14.1. The lowest BCUT2D eigenvalue weighted by Gasteiger charge is -2.18. The van der Waals surface area contributed by atoms with Crippen molar-refractivity contribution >= 4 is 27.6 Å². The van der Waals surface area contributed by atoms with Crippen LogP contribution in [0.25, 0.3) is 61.2 Å². The molecule has 0 radical (unpaired) electrons. The molecule has 0 aliphatic rings. The number of hydrogen-bond donors (Lipinski definition) is 0. The summed E-state index contributed by atoms with van der Waals surface area (Å²) in [6, 6.07) is 45.5. The molecule has 0 bridgehead atoms. The minimum atomic E-state index is -0.138. The number of nitrogens with zero attached hydrogens (tertiary/aromatic N) is 3. The number of para-hydroxylation sites is 1. The van der Waals surface area contributed by atoms with Gasteiger partial charge in [0.1, 0.15) is 11.2 Å². The predicted molar refractivity (Wildman–Crippen MR) is 166 cm³/mol. The van der Waals surface area contributed by atoms with Crippen molar-refractivity contribution in [3.63, 3.8) is 0 Å². The van der Waals surface area contributed by atoms with Crippen molar-refractivity contribution in [1.82, 2.24) is 13.5 Å². The van der Waals surface area contributed by atoms with Crippen LogP contribution in [0.5, 0.6) is 0 Å². The van der Waals surface area contributed by atoms with Gasteiger partial charge >= 0.3 is 0 Å². The fourth-order valence-corrected chi connectivity index (χ4v) is 5.96. The van der Waals surface area contributed by atoms with Gasteiger partial charge in [-0.3, -0.25) is 23.1 Å². The van der Waals surface area contributed by atoms with Crippen LogP contribution in [0.4, 0.5) is 0 Å². The van der Waals surface area contributed by atoms with Crippen LogP contribution in [0.2, 0.25) is 0 Å². The van der Waals surface area contributed by atoms with Gasteiger partial charge in [0.05, 0.1) is 22.1 Å². The molecule has 0 fully saturated rings. The first-order chi connectivity index (χ1) is 20.2. The zero-order valence-corrected chi connectivity index (χ0v) is 21.9. The van der Waals surface area contributed by atoms with Gasteiger partial charge in [-0.15, -0.1) is 0 Å². The first-order valence-electron chi connectivity index (χ1n) is 13.5. The smallest absolute Gasteiger partial charge is 0.279 e. The predicted octanol–water partition coefficient (Wildman–Crippen LogP) is 7.32. The molecule has 0 aliphatic heterocycles. The highest BCUT2D eigenvalue weighted by Gasteiger charge is 2.21. The summed E-state index contributed by atoms with van der Waals surface area (Å²) >= 11 is 0. The molecule has 194 valence electrons. The van der Waals surface area contributed by atoms with Crippen LogP contribution >= 0.6 is 0 Å². The van der Waals surface area contributed by atoms with Crippen LogP contribution in [0.15, 0.2) is 149 Å². The van der Waals surface area contributed by atoms with Crippen LogP contribution in [0, 0.1) is 0 Å². The van der Waals surface area contributed by atoms with Gasteiger partial charge in [-0.2, -0.15) is 0 Å². The zero-order valence-electron chi connectivity index (χ0n) is 21.9. The van der Waals surface area contributed by atoms with E-state index in [1.165, 1.54) is 0 Å². The standard InChI is InChI=1S/C36H23N3O2/c40-35-30-15-8-16-31-34(30)39-32(36(41)37(31)28-19-17-26(18-20-28)24-9-3-1-4-10-24)21-22-33(39)38(35)29-14-7-13-27(23-29)25-11-5-2-6-12-25/h1-23H. The molecule has 0 aliphatic carbocycles. The van der Waals surface area contributed by atoms with Gasteiger partial charge in [0.15, 0.2) is 0 Å². The van der Waals surface area contributed by atoms with E-state index in [-0.39, 0.29) is 11.1 Å². The molecular weight excluding hydrogens is 506 g/mol. The molecule has 5 heteroatoms. The normalized spacial score (nSPS) is 11.6. The number of hydrogen-bond acceptors (Lipinski definition) is 2. The third-order valence-corrected chi connectivity index (χ3v) is 7.87. The second-order valence-electron chi connectivity index (χ2n) is 10.2. The lowest BCUT2D eigenvalue weighted by molar-refractivity contribution is 0.981. The van der Waals surface area contributed by atoms with E-state index >= 15 is 0 Å². The molecule has 0 N–H and O–H groups in total. The Morgan fingerprint density at radius 2 is 1.05 bits per heavy atom. The fraction of sp³-hybridized carbons (Fsp3) is 0. The van der Waals surface area contributed by atoms with E-state index in [0.29, 0.717) is 22.1 Å². The minimum Gasteiger partial charge on any atom is -0.288 e. The van der Waals surface area contributed by atoms with Gasteiger partial charge in [0.2, 0.25) is 0 Å². The molecule has 3 heterocycles. The summed E-state index contributed by atoms with van der Waals surface area (Å²) in [5.41, 5.74) is 8.10. The van der Waals surface area contributed by atoms with E-state index in [2.05, 4.69) is 24.3 Å². The van der Waals surface area contributed by atoms with Crippen molar-refractivity contribution in [3.8, 4) is 33.6 Å². The van der Waals surface area contributed by atoms with Crippen LogP contribution in [-0.2, 0) is 0 Å². The number of aromatic nitrogens is 3. The van der Waals surface area contributed by atoms with E-state index < -0.39 is 0 Å². The molecule has 0 saturated heterocycles. The summed E-state index contributed by atoms with van der Waals surface area (Å²) in [5.74, 6) is 0. The van der Waals surface area contributed by atoms with Crippen LogP contribution in [0.1, 0.15) is 0 Å². The van der Waals surface area contributed by atoms with Crippen molar-refractivity contribution in [1.29, 1.82) is 0 Å². The maximum Gasteiger partial charge on any atom is 0.279 e. The van der Waals surface area contributed by atoms with Crippen LogP contribution < -0.4 is 11.1 Å². The molecule has 5 nitrogen and oxygen atoms in total. The third-order valence-electron chi connectivity index (χ3n) is 7.87. The lowest BCUT2D eigenvalue weighted by Crippen LogP contribution is -2.26. The van der Waals surface area contributed by atoms with Gasteiger partial charge in [0.25, 0.3) is 11.1 Å². The first-order valence-corrected chi connectivity index (χ1v) is 13.5. The van der Waals surface area contributed by atoms with Crippen LogP contribution in [0.3, 0.4) is 0 Å². The van der Waals surface area contributed by atoms with Crippen molar-refractivity contribution in [3.05, 3.63) is 160 Å². The SMILES string of the molecule is O=c1c2ccc3n(-c4cccc(-c5ccccc5)c4)c(=O)c4cccc(c4n23)n1-c1ccc(-c2ccccc2)cc1. The maximum atomic E-state index is 14.1. The Hall–Kier alpha value is -5.68. The molecule has 8 rings (SSSR count). The Morgan fingerprint density at radius 1 is 0.415 bits per heavy atom. The van der Waals surface area contributed by atoms with E-state index in [1.54, 1.807) is 9.13 Å². The quantitative estimate of drug-likeness (QED) is 0.240. The Kier molecular flexibility index (Phi) is 5.06. The molecule has 0 unspecified atom stereocenters. The molecule has 0 spiro atoms. The summed E-state index contributed by atoms with van der Waals surface area (Å²) in [6.07, 6.45) is 0. The average Bonchev–Trinajstić information content (AvgIpc) is 3.48. The van der Waals surface area contributed by atoms with Gasteiger partial charge in [0, 0.05) is 5.69 Å². The van der Waals surface area contributed by atoms with E-state index in [9.17, 15) is 9.59 Å². The van der Waals surface area contributed by atoms with E-state index in [0.717, 1.165) is 39.1 Å². The van der Waals surface area contributed by atoms with Crippen molar-refractivity contribution in [2.75, 3.05) is 0 Å². The number of rotatable bonds is 4. The summed E-state index contributed by atoms with van der Waals surface area (Å²) in [4.78, 5) is 28.2. The van der Waals surface area contributed by atoms with E-state index in [1.807, 2.05) is 120 Å². The second kappa shape index (κ2) is 8.93. The third kappa shape index (κ3) is 3.49. The highest BCUT2D eigenvalue weighted by Crippen LogP contribution is 2.29. The minimum absolute atomic E-state index is 0.127. The Balaban J connectivity index is 1.37. The molecule has 5 aromatic carbocycles. The summed E-state index contributed by atoms with van der Waals surface area (Å²) in [5, 5.41) is 0.552. The molecule has 41 heavy (non-hydrogen) atoms. The van der Waals surface area contributed by atoms with Gasteiger partial charge in [-0.25, -0.2) is 0 Å². The van der Waals surface area contributed by atoms with Crippen LogP contribution in [-0.4, -0.2) is 13.5 Å². The largest absolute Gasteiger partial charge is 0.288 e. The first kappa shape index (κ1) is 23.2. The van der Waals surface area contributed by atoms with Crippen molar-refractivity contribution < 1.29 is 0 Å². The Morgan fingerprint density at radius 3 is 1.78 bits per heavy atom. The Labute approximate surface area is 234 Å². The average molecular weight is 530 g/mol. The summed E-state index contributed by atoms with van der Waals surface area (Å²) < 4.78 is 5.35. The fourth-order valence-electron chi connectivity index (χ4n) is 5.96. The molecule has 3 aromatic heterocycles. The summed E-state index contributed by atoms with van der Waals surface area (Å²) in [6.45, 7) is 0. The summed E-state index contributed by atoms with van der Waals surface area (Å²) in [7, 11) is 0. The second-order valence-corrected chi connectivity index (χ2v) is 10.2. The van der Waals surface area contributed by atoms with Crippen molar-refractivity contribution in [2.45, 2.75) is 0 Å². The topological polar surface area (TPSA) is 48.4 Å². The molecule has 0 saturated carbocycles. The monoisotopic (exact) mass is 529 g/mol. The molecule has 0 atom stereocenters. The molecule has 8 aromatic rings. The Bertz CT molecular complexity index is 2330. The number of benzene rings is 5. The highest BCUT2D eigenvalue weighted by molar-refractivity contribution is 5.98. The highest BCUT2D eigenvalue weighted by atomic mass is 16.1. The van der Waals surface area contributed by atoms with Gasteiger partial charge < -0.3 is 0 Å². The zero-order chi connectivity index (χ0) is 27.5.